The molecular formula is C11H21ClN4O. The normalized spacial score (nSPS) is 11.8. The predicted molar refractivity (Wildman–Crippen MR) is 69.9 cm³/mol. The van der Waals surface area contributed by atoms with Crippen molar-refractivity contribution in [2.45, 2.75) is 39.3 Å². The topological polar surface area (TPSA) is 72.9 Å². The quantitative estimate of drug-likeness (QED) is 0.826. The summed E-state index contributed by atoms with van der Waals surface area (Å²) in [6.45, 7) is 4.48. The van der Waals surface area contributed by atoms with Crippen molar-refractivity contribution in [1.29, 1.82) is 0 Å². The van der Waals surface area contributed by atoms with Crippen molar-refractivity contribution in [3.8, 4) is 0 Å². The Balaban J connectivity index is 0.00000256. The smallest absolute Gasteiger partial charge is 0.237 e. The van der Waals surface area contributed by atoms with Gasteiger partial charge < -0.3 is 11.1 Å². The summed E-state index contributed by atoms with van der Waals surface area (Å²) in [7, 11) is 1.88. The van der Waals surface area contributed by atoms with E-state index in [0.717, 1.165) is 24.1 Å². The first kappa shape index (κ1) is 15.9. The monoisotopic (exact) mass is 260 g/mol. The molecule has 1 aromatic rings. The highest BCUT2D eigenvalue weighted by Crippen LogP contribution is 2.04. The summed E-state index contributed by atoms with van der Waals surface area (Å²) in [5.41, 5.74) is 7.79. The molecular weight excluding hydrogens is 240 g/mol. The zero-order valence-electron chi connectivity index (χ0n) is 10.6. The highest BCUT2D eigenvalue weighted by Gasteiger charge is 2.12. The summed E-state index contributed by atoms with van der Waals surface area (Å²) < 4.78 is 1.79. The molecule has 1 heterocycles. The molecule has 0 spiro atoms. The van der Waals surface area contributed by atoms with Gasteiger partial charge in [0.2, 0.25) is 5.91 Å². The summed E-state index contributed by atoms with van der Waals surface area (Å²) in [6, 6.07) is -0.401. The average Bonchev–Trinajstić information content (AvgIpc) is 2.57. The molecule has 1 rings (SSSR count). The lowest BCUT2D eigenvalue weighted by atomic mass is 10.1. The van der Waals surface area contributed by atoms with Crippen LogP contribution < -0.4 is 11.1 Å². The van der Waals surface area contributed by atoms with Gasteiger partial charge in [-0.1, -0.05) is 13.3 Å². The van der Waals surface area contributed by atoms with Crippen LogP contribution in [0.4, 0.5) is 0 Å². The van der Waals surface area contributed by atoms with Crippen molar-refractivity contribution in [2.75, 3.05) is 0 Å². The van der Waals surface area contributed by atoms with Crippen molar-refractivity contribution < 1.29 is 4.79 Å². The lowest BCUT2D eigenvalue weighted by Gasteiger charge is -2.10. The third kappa shape index (κ3) is 4.36. The molecule has 0 aliphatic rings. The fourth-order valence-corrected chi connectivity index (χ4v) is 1.47. The average molecular weight is 261 g/mol. The Labute approximate surface area is 108 Å². The summed E-state index contributed by atoms with van der Waals surface area (Å²) in [5, 5.41) is 6.93. The number of carbonyl (C=O) groups excluding carboxylic acids is 1. The molecule has 0 aliphatic carbocycles. The number of aromatic nitrogens is 2. The van der Waals surface area contributed by atoms with Crippen LogP contribution in [0.5, 0.6) is 0 Å². The van der Waals surface area contributed by atoms with Crippen molar-refractivity contribution in [3.05, 3.63) is 17.5 Å². The Kier molecular flexibility index (Phi) is 6.83. The molecule has 1 amide bonds. The molecule has 5 nitrogen and oxygen atoms in total. The van der Waals surface area contributed by atoms with Gasteiger partial charge in [0.15, 0.2) is 0 Å². The molecule has 0 aliphatic heterocycles. The van der Waals surface area contributed by atoms with Crippen LogP contribution in [0.25, 0.3) is 0 Å². The maximum atomic E-state index is 11.6. The lowest BCUT2D eigenvalue weighted by Crippen LogP contribution is -2.40. The number of aryl methyl sites for hydroxylation is 1. The Hall–Kier alpha value is -1.07. The van der Waals surface area contributed by atoms with Gasteiger partial charge in [-0.3, -0.25) is 9.48 Å². The van der Waals surface area contributed by atoms with Gasteiger partial charge in [0.1, 0.15) is 0 Å². The summed E-state index contributed by atoms with van der Waals surface area (Å²) in [4.78, 5) is 11.6. The molecule has 17 heavy (non-hydrogen) atoms. The van der Waals surface area contributed by atoms with Crippen molar-refractivity contribution in [2.24, 2.45) is 12.8 Å². The van der Waals surface area contributed by atoms with E-state index < -0.39 is 6.04 Å². The molecule has 0 fully saturated rings. The van der Waals surface area contributed by atoms with Crippen LogP contribution >= 0.6 is 12.4 Å². The number of halogens is 1. The van der Waals surface area contributed by atoms with Crippen LogP contribution in [-0.2, 0) is 18.4 Å². The largest absolute Gasteiger partial charge is 0.351 e. The third-order valence-electron chi connectivity index (χ3n) is 2.73. The second-order valence-electron chi connectivity index (χ2n) is 3.99. The highest BCUT2D eigenvalue weighted by atomic mass is 35.5. The number of carbonyl (C=O) groups is 1. The van der Waals surface area contributed by atoms with E-state index in [9.17, 15) is 4.79 Å². The van der Waals surface area contributed by atoms with Crippen LogP contribution in [0, 0.1) is 6.92 Å². The Morgan fingerprint density at radius 1 is 1.65 bits per heavy atom. The second-order valence-corrected chi connectivity index (χ2v) is 3.99. The molecule has 0 saturated heterocycles. The second kappa shape index (κ2) is 7.29. The summed E-state index contributed by atoms with van der Waals surface area (Å²) in [5.74, 6) is -0.0925. The molecule has 1 aromatic heterocycles. The number of nitrogens with one attached hydrogen (secondary N) is 1. The number of nitrogens with two attached hydrogens (primary N) is 1. The highest BCUT2D eigenvalue weighted by molar-refractivity contribution is 5.85. The summed E-state index contributed by atoms with van der Waals surface area (Å²) in [6.07, 6.45) is 3.40. The Bertz CT molecular complexity index is 364. The zero-order valence-corrected chi connectivity index (χ0v) is 11.4. The van der Waals surface area contributed by atoms with E-state index in [-0.39, 0.29) is 18.3 Å². The standard InChI is InChI=1S/C11H20N4O.ClH/c1-4-5-10(12)11(16)13-6-9-7-14-15(3)8(9)2;/h7,10H,4-6,12H2,1-3H3,(H,13,16);1H. The fourth-order valence-electron chi connectivity index (χ4n) is 1.47. The molecule has 3 N–H and O–H groups in total. The van der Waals surface area contributed by atoms with E-state index in [1.165, 1.54) is 0 Å². The SMILES string of the molecule is CCCC(N)C(=O)NCc1cnn(C)c1C.Cl. The van der Waals surface area contributed by atoms with Gasteiger partial charge in [-0.15, -0.1) is 12.4 Å². The maximum absolute atomic E-state index is 11.6. The van der Waals surface area contributed by atoms with Crippen molar-refractivity contribution in [1.82, 2.24) is 15.1 Å². The van der Waals surface area contributed by atoms with Gasteiger partial charge in [-0.2, -0.15) is 5.10 Å². The fraction of sp³-hybridized carbons (Fsp3) is 0.636. The van der Waals surface area contributed by atoms with Gasteiger partial charge >= 0.3 is 0 Å². The Morgan fingerprint density at radius 2 is 2.29 bits per heavy atom. The number of nitrogens with zero attached hydrogens (tertiary/aromatic N) is 2. The molecule has 1 atom stereocenters. The third-order valence-corrected chi connectivity index (χ3v) is 2.73. The van der Waals surface area contributed by atoms with Gasteiger partial charge in [0.05, 0.1) is 12.2 Å². The van der Waals surface area contributed by atoms with Crippen molar-refractivity contribution in [3.63, 3.8) is 0 Å². The van der Waals surface area contributed by atoms with Crippen LogP contribution in [0.3, 0.4) is 0 Å². The lowest BCUT2D eigenvalue weighted by molar-refractivity contribution is -0.122. The molecule has 0 bridgehead atoms. The van der Waals surface area contributed by atoms with Gasteiger partial charge in [0.25, 0.3) is 0 Å². The van der Waals surface area contributed by atoms with E-state index in [4.69, 9.17) is 5.73 Å². The minimum absolute atomic E-state index is 0. The first-order valence-electron chi connectivity index (χ1n) is 5.57. The molecule has 0 aromatic carbocycles. The molecule has 1 unspecified atom stereocenters. The van der Waals surface area contributed by atoms with Crippen LogP contribution in [0.1, 0.15) is 31.0 Å². The maximum Gasteiger partial charge on any atom is 0.237 e. The van der Waals surface area contributed by atoms with E-state index >= 15 is 0 Å². The number of hydrogen-bond donors (Lipinski definition) is 2. The van der Waals surface area contributed by atoms with Crippen LogP contribution in [0.15, 0.2) is 6.20 Å². The van der Waals surface area contributed by atoms with E-state index in [0.29, 0.717) is 6.54 Å². The minimum atomic E-state index is -0.401. The van der Waals surface area contributed by atoms with Crippen LogP contribution in [0.2, 0.25) is 0 Å². The van der Waals surface area contributed by atoms with Gasteiger partial charge in [-0.25, -0.2) is 0 Å². The first-order valence-corrected chi connectivity index (χ1v) is 5.57. The summed E-state index contributed by atoms with van der Waals surface area (Å²) >= 11 is 0. The van der Waals surface area contributed by atoms with Crippen LogP contribution in [-0.4, -0.2) is 21.7 Å². The minimum Gasteiger partial charge on any atom is -0.351 e. The van der Waals surface area contributed by atoms with Crippen molar-refractivity contribution >= 4 is 18.3 Å². The van der Waals surface area contributed by atoms with Gasteiger partial charge in [0, 0.05) is 24.8 Å². The van der Waals surface area contributed by atoms with Gasteiger partial charge in [-0.05, 0) is 13.3 Å². The van der Waals surface area contributed by atoms with E-state index in [1.807, 2.05) is 20.9 Å². The molecule has 0 radical (unpaired) electrons. The van der Waals surface area contributed by atoms with E-state index in [1.54, 1.807) is 10.9 Å². The number of amides is 1. The first-order chi connectivity index (χ1) is 7.56. The van der Waals surface area contributed by atoms with E-state index in [2.05, 4.69) is 10.4 Å². The number of hydrogen-bond acceptors (Lipinski definition) is 3. The molecule has 6 heteroatoms. The number of rotatable bonds is 5. The molecule has 98 valence electrons. The zero-order chi connectivity index (χ0) is 12.1. The predicted octanol–water partition coefficient (Wildman–Crippen LogP) is 0.894. The molecule has 0 saturated carbocycles. The Morgan fingerprint density at radius 3 is 2.76 bits per heavy atom.